The summed E-state index contributed by atoms with van der Waals surface area (Å²) < 4.78 is 26.0. The number of anilines is 1. The van der Waals surface area contributed by atoms with Crippen LogP contribution in [-0.2, 0) is 20.4 Å². The predicted octanol–water partition coefficient (Wildman–Crippen LogP) is 4.21. The molecular weight excluding hydrogens is 325 g/mol. The Kier molecular flexibility index (Phi) is 5.11. The Hall–Kier alpha value is -1.40. The third-order valence-corrected chi connectivity index (χ3v) is 9.62. The van der Waals surface area contributed by atoms with Gasteiger partial charge in [-0.1, -0.05) is 20.8 Å². The summed E-state index contributed by atoms with van der Waals surface area (Å²) >= 11 is 0. The molecule has 2 unspecified atom stereocenters. The van der Waals surface area contributed by atoms with E-state index in [-0.39, 0.29) is 16.8 Å². The fourth-order valence-corrected chi connectivity index (χ4v) is 4.07. The molecule has 1 aliphatic carbocycles. The van der Waals surface area contributed by atoms with E-state index in [0.29, 0.717) is 29.8 Å². The number of benzene rings is 1. The SMILES string of the molecule is CCOC(=O)C1Cc2c(F)cc(N)cc2C1O[Si](C)(C)C(C)(C)C. The van der Waals surface area contributed by atoms with E-state index in [1.54, 1.807) is 13.0 Å². The van der Waals surface area contributed by atoms with Gasteiger partial charge in [0.2, 0.25) is 0 Å². The van der Waals surface area contributed by atoms with Crippen molar-refractivity contribution in [1.29, 1.82) is 0 Å². The van der Waals surface area contributed by atoms with Crippen molar-refractivity contribution < 1.29 is 18.3 Å². The second kappa shape index (κ2) is 6.48. The van der Waals surface area contributed by atoms with Crippen LogP contribution in [0.4, 0.5) is 10.1 Å². The Bertz CT molecular complexity index is 640. The van der Waals surface area contributed by atoms with E-state index in [4.69, 9.17) is 14.9 Å². The highest BCUT2D eigenvalue weighted by atomic mass is 28.4. The molecule has 0 bridgehead atoms. The third-order valence-electron chi connectivity index (χ3n) is 5.17. The topological polar surface area (TPSA) is 61.5 Å². The molecule has 0 heterocycles. The van der Waals surface area contributed by atoms with Crippen molar-refractivity contribution in [1.82, 2.24) is 0 Å². The molecule has 0 radical (unpaired) electrons. The maximum absolute atomic E-state index is 14.3. The van der Waals surface area contributed by atoms with Gasteiger partial charge in [-0.3, -0.25) is 4.79 Å². The Morgan fingerprint density at radius 2 is 2.00 bits per heavy atom. The van der Waals surface area contributed by atoms with Crippen LogP contribution in [0, 0.1) is 11.7 Å². The van der Waals surface area contributed by atoms with Gasteiger partial charge in [-0.15, -0.1) is 0 Å². The molecule has 0 saturated carbocycles. The molecular formula is C18H28FNO3Si. The third kappa shape index (κ3) is 3.49. The highest BCUT2D eigenvalue weighted by molar-refractivity contribution is 6.74. The first-order valence-corrected chi connectivity index (χ1v) is 11.3. The highest BCUT2D eigenvalue weighted by Crippen LogP contribution is 2.47. The summed E-state index contributed by atoms with van der Waals surface area (Å²) in [5.41, 5.74) is 7.38. The zero-order valence-electron chi connectivity index (χ0n) is 15.4. The summed E-state index contributed by atoms with van der Waals surface area (Å²) in [4.78, 5) is 12.4. The first kappa shape index (κ1) is 18.9. The average molecular weight is 354 g/mol. The van der Waals surface area contributed by atoms with E-state index in [1.807, 2.05) is 0 Å². The van der Waals surface area contributed by atoms with Crippen LogP contribution in [0.2, 0.25) is 18.1 Å². The van der Waals surface area contributed by atoms with Gasteiger partial charge in [0.15, 0.2) is 8.32 Å². The lowest BCUT2D eigenvalue weighted by Gasteiger charge is -2.39. The number of ether oxygens (including phenoxy) is 1. The zero-order valence-corrected chi connectivity index (χ0v) is 16.4. The zero-order chi connectivity index (χ0) is 18.3. The predicted molar refractivity (Wildman–Crippen MR) is 95.7 cm³/mol. The van der Waals surface area contributed by atoms with Crippen LogP contribution in [0.15, 0.2) is 12.1 Å². The van der Waals surface area contributed by atoms with Crippen molar-refractivity contribution >= 4 is 20.0 Å². The van der Waals surface area contributed by atoms with Crippen molar-refractivity contribution in [3.05, 3.63) is 29.1 Å². The summed E-state index contributed by atoms with van der Waals surface area (Å²) in [6.45, 7) is 12.7. The Morgan fingerprint density at radius 1 is 1.38 bits per heavy atom. The van der Waals surface area contributed by atoms with Gasteiger partial charge in [-0.05, 0) is 54.7 Å². The van der Waals surface area contributed by atoms with Gasteiger partial charge in [0.25, 0.3) is 0 Å². The summed E-state index contributed by atoms with van der Waals surface area (Å²) in [5.74, 6) is -1.23. The standard InChI is InChI=1S/C18H28FNO3Si/c1-7-22-17(21)14-10-12-13(8-11(20)9-15(12)19)16(14)23-24(5,6)18(2,3)4/h8-9,14,16H,7,10,20H2,1-6H3. The van der Waals surface area contributed by atoms with Crippen LogP contribution in [0.3, 0.4) is 0 Å². The molecule has 2 N–H and O–H groups in total. The lowest BCUT2D eigenvalue weighted by molar-refractivity contribution is -0.151. The molecule has 134 valence electrons. The van der Waals surface area contributed by atoms with Crippen molar-refractivity contribution in [3.63, 3.8) is 0 Å². The average Bonchev–Trinajstić information content (AvgIpc) is 2.76. The number of halogens is 1. The highest BCUT2D eigenvalue weighted by Gasteiger charge is 2.47. The van der Waals surface area contributed by atoms with Crippen molar-refractivity contribution in [2.75, 3.05) is 12.3 Å². The number of fused-ring (bicyclic) bond motifs is 1. The normalized spacial score (nSPS) is 20.8. The minimum atomic E-state index is -2.15. The number of carbonyl (C=O) groups is 1. The number of carbonyl (C=O) groups excluding carboxylic acids is 1. The summed E-state index contributed by atoms with van der Waals surface area (Å²) in [6.07, 6.45) is -0.211. The number of nitrogen functional groups attached to an aromatic ring is 1. The van der Waals surface area contributed by atoms with Gasteiger partial charge in [0.05, 0.1) is 18.6 Å². The minimum absolute atomic E-state index is 0.0200. The van der Waals surface area contributed by atoms with Gasteiger partial charge < -0.3 is 14.9 Å². The van der Waals surface area contributed by atoms with Crippen LogP contribution in [0.5, 0.6) is 0 Å². The van der Waals surface area contributed by atoms with Crippen LogP contribution < -0.4 is 5.73 Å². The van der Waals surface area contributed by atoms with Gasteiger partial charge in [-0.25, -0.2) is 4.39 Å². The fraction of sp³-hybridized carbons (Fsp3) is 0.611. The van der Waals surface area contributed by atoms with Gasteiger partial charge in [0.1, 0.15) is 5.82 Å². The molecule has 2 atom stereocenters. The van der Waals surface area contributed by atoms with E-state index in [0.717, 1.165) is 0 Å². The summed E-state index contributed by atoms with van der Waals surface area (Å²) in [6, 6.07) is 3.03. The largest absolute Gasteiger partial charge is 0.466 e. The molecule has 6 heteroatoms. The summed E-state index contributed by atoms with van der Waals surface area (Å²) in [7, 11) is -2.15. The van der Waals surface area contributed by atoms with Gasteiger partial charge >= 0.3 is 5.97 Å². The second-order valence-corrected chi connectivity index (χ2v) is 12.7. The fourth-order valence-electron chi connectivity index (χ4n) is 2.79. The maximum Gasteiger partial charge on any atom is 0.312 e. The van der Waals surface area contributed by atoms with Crippen LogP contribution in [0.1, 0.15) is 44.9 Å². The maximum atomic E-state index is 14.3. The van der Waals surface area contributed by atoms with E-state index < -0.39 is 20.3 Å². The monoisotopic (exact) mass is 353 g/mol. The molecule has 1 aromatic rings. The molecule has 0 aliphatic heterocycles. The Balaban J connectivity index is 2.45. The molecule has 24 heavy (non-hydrogen) atoms. The van der Waals surface area contributed by atoms with Crippen molar-refractivity contribution in [2.24, 2.45) is 5.92 Å². The van der Waals surface area contributed by atoms with E-state index >= 15 is 0 Å². The second-order valence-electron chi connectivity index (χ2n) is 7.93. The molecule has 1 aliphatic rings. The number of hydrogen-bond acceptors (Lipinski definition) is 4. The Labute approximate surface area is 144 Å². The summed E-state index contributed by atoms with van der Waals surface area (Å²) in [5, 5.41) is -0.0200. The van der Waals surface area contributed by atoms with Crippen molar-refractivity contribution in [2.45, 2.75) is 58.4 Å². The molecule has 0 fully saturated rings. The first-order valence-electron chi connectivity index (χ1n) is 8.40. The smallest absolute Gasteiger partial charge is 0.312 e. The van der Waals surface area contributed by atoms with Gasteiger partial charge in [-0.2, -0.15) is 0 Å². The minimum Gasteiger partial charge on any atom is -0.466 e. The number of nitrogens with two attached hydrogens (primary N) is 1. The molecule has 0 saturated heterocycles. The molecule has 0 aromatic heterocycles. The van der Waals surface area contributed by atoms with E-state index in [2.05, 4.69) is 33.9 Å². The first-order chi connectivity index (χ1) is 11.0. The molecule has 0 amide bonds. The number of rotatable bonds is 4. The van der Waals surface area contributed by atoms with Gasteiger partial charge in [0, 0.05) is 5.69 Å². The van der Waals surface area contributed by atoms with E-state index in [1.165, 1.54) is 6.07 Å². The lowest BCUT2D eigenvalue weighted by Crippen LogP contribution is -2.43. The molecule has 2 rings (SSSR count). The lowest BCUT2D eigenvalue weighted by atomic mass is 10.0. The quantitative estimate of drug-likeness (QED) is 0.500. The number of esters is 1. The van der Waals surface area contributed by atoms with Crippen LogP contribution >= 0.6 is 0 Å². The number of hydrogen-bond donors (Lipinski definition) is 1. The van der Waals surface area contributed by atoms with Crippen LogP contribution in [0.25, 0.3) is 0 Å². The Morgan fingerprint density at radius 3 is 2.54 bits per heavy atom. The van der Waals surface area contributed by atoms with E-state index in [9.17, 15) is 9.18 Å². The van der Waals surface area contributed by atoms with Crippen LogP contribution in [-0.4, -0.2) is 20.9 Å². The molecule has 4 nitrogen and oxygen atoms in total. The molecule has 0 spiro atoms. The van der Waals surface area contributed by atoms with Crippen molar-refractivity contribution in [3.8, 4) is 0 Å². The molecule has 1 aromatic carbocycles.